The maximum atomic E-state index is 8.94. The van der Waals surface area contributed by atoms with Crippen LogP contribution in [0.15, 0.2) is 30.5 Å². The van der Waals surface area contributed by atoms with Gasteiger partial charge in [0.15, 0.2) is 5.82 Å². The average molecular weight is 270 g/mol. The van der Waals surface area contributed by atoms with Crippen LogP contribution in [0.25, 0.3) is 0 Å². The summed E-state index contributed by atoms with van der Waals surface area (Å²) in [6.07, 6.45) is 1.47. The number of benzene rings is 1. The van der Waals surface area contributed by atoms with Gasteiger partial charge >= 0.3 is 0 Å². The summed E-state index contributed by atoms with van der Waals surface area (Å²) < 4.78 is 0. The number of nitrogen functional groups attached to an aromatic ring is 1. The van der Waals surface area contributed by atoms with Gasteiger partial charge in [-0.05, 0) is 24.3 Å². The van der Waals surface area contributed by atoms with E-state index in [2.05, 4.69) is 10.3 Å². The maximum Gasteiger partial charge on any atom is 0.153 e. The molecule has 3 N–H and O–H groups in total. The van der Waals surface area contributed by atoms with E-state index in [0.29, 0.717) is 33.3 Å². The van der Waals surface area contributed by atoms with Crippen LogP contribution in [-0.4, -0.2) is 4.98 Å². The second-order valence-electron chi connectivity index (χ2n) is 3.70. The lowest BCUT2D eigenvalue weighted by Gasteiger charge is -2.09. The normalized spacial score (nSPS) is 9.42. The number of nitrogens with zero attached hydrogens (tertiary/aromatic N) is 3. The van der Waals surface area contributed by atoms with E-state index >= 15 is 0 Å². The number of nitriles is 2. The molecule has 0 fully saturated rings. The molecule has 0 atom stereocenters. The number of aromatic nitrogens is 1. The van der Waals surface area contributed by atoms with E-state index in [-0.39, 0.29) is 0 Å². The molecule has 92 valence electrons. The fourth-order valence-electron chi connectivity index (χ4n) is 1.51. The number of nitrogens with two attached hydrogens (primary N) is 1. The molecule has 0 radical (unpaired) electrons. The van der Waals surface area contributed by atoms with E-state index in [1.807, 2.05) is 12.1 Å². The van der Waals surface area contributed by atoms with Crippen molar-refractivity contribution in [2.24, 2.45) is 0 Å². The Morgan fingerprint density at radius 3 is 2.53 bits per heavy atom. The van der Waals surface area contributed by atoms with Crippen molar-refractivity contribution in [3.63, 3.8) is 0 Å². The topological polar surface area (TPSA) is 98.5 Å². The Morgan fingerprint density at radius 2 is 1.89 bits per heavy atom. The van der Waals surface area contributed by atoms with Gasteiger partial charge in [-0.1, -0.05) is 11.6 Å². The molecule has 0 aliphatic rings. The third-order valence-corrected chi connectivity index (χ3v) is 2.61. The molecule has 0 unspecified atom stereocenters. The predicted octanol–water partition coefficient (Wildman–Crippen LogP) is 2.80. The first-order valence-electron chi connectivity index (χ1n) is 5.26. The Bertz CT molecular complexity index is 712. The van der Waals surface area contributed by atoms with Crippen LogP contribution < -0.4 is 11.1 Å². The van der Waals surface area contributed by atoms with Crippen molar-refractivity contribution in [1.29, 1.82) is 10.5 Å². The lowest BCUT2D eigenvalue weighted by Crippen LogP contribution is -1.99. The zero-order valence-electron chi connectivity index (χ0n) is 9.68. The van der Waals surface area contributed by atoms with E-state index in [1.54, 1.807) is 24.3 Å². The molecule has 6 heteroatoms. The highest BCUT2D eigenvalue weighted by molar-refractivity contribution is 6.30. The zero-order valence-corrected chi connectivity index (χ0v) is 10.4. The second kappa shape index (κ2) is 5.26. The van der Waals surface area contributed by atoms with Crippen molar-refractivity contribution in [1.82, 2.24) is 4.98 Å². The number of pyridine rings is 1. The predicted molar refractivity (Wildman–Crippen MR) is 72.8 cm³/mol. The Hall–Kier alpha value is -2.76. The molecule has 0 aliphatic heterocycles. The van der Waals surface area contributed by atoms with Crippen molar-refractivity contribution in [3.05, 3.63) is 46.6 Å². The quantitative estimate of drug-likeness (QED) is 0.873. The minimum atomic E-state index is 0.292. The largest absolute Gasteiger partial charge is 0.396 e. The molecule has 0 saturated carbocycles. The van der Waals surface area contributed by atoms with Gasteiger partial charge in [0.2, 0.25) is 0 Å². The molecule has 0 aliphatic carbocycles. The minimum absolute atomic E-state index is 0.292. The summed E-state index contributed by atoms with van der Waals surface area (Å²) in [5.74, 6) is 0.443. The fourth-order valence-corrected chi connectivity index (χ4v) is 1.67. The van der Waals surface area contributed by atoms with Gasteiger partial charge in [0.25, 0.3) is 0 Å². The molecule has 1 heterocycles. The molecule has 0 saturated heterocycles. The number of hydrogen-bond acceptors (Lipinski definition) is 5. The van der Waals surface area contributed by atoms with Gasteiger partial charge in [0, 0.05) is 11.9 Å². The van der Waals surface area contributed by atoms with Crippen LogP contribution in [0.2, 0.25) is 5.02 Å². The molecular formula is C13H8ClN5. The number of hydrogen-bond donors (Lipinski definition) is 2. The number of rotatable bonds is 2. The van der Waals surface area contributed by atoms with E-state index in [0.717, 1.165) is 0 Å². The van der Waals surface area contributed by atoms with Gasteiger partial charge in [-0.15, -0.1) is 0 Å². The van der Waals surface area contributed by atoms with Gasteiger partial charge in [0.1, 0.15) is 12.1 Å². The highest BCUT2D eigenvalue weighted by atomic mass is 35.5. The van der Waals surface area contributed by atoms with Gasteiger partial charge in [-0.2, -0.15) is 10.5 Å². The molecule has 0 amide bonds. The summed E-state index contributed by atoms with van der Waals surface area (Å²) in [4.78, 5) is 4.06. The first-order valence-corrected chi connectivity index (χ1v) is 5.64. The molecule has 1 aromatic carbocycles. The molecule has 19 heavy (non-hydrogen) atoms. The SMILES string of the molecule is N#Cc1ccc(Nc2ncc(Cl)cc2N)cc1C#N. The first-order chi connectivity index (χ1) is 9.13. The molecule has 2 rings (SSSR count). The van der Waals surface area contributed by atoms with Gasteiger partial charge in [-0.3, -0.25) is 0 Å². The molecular weight excluding hydrogens is 262 g/mol. The molecule has 0 bridgehead atoms. The molecule has 5 nitrogen and oxygen atoms in total. The Balaban J connectivity index is 2.34. The Morgan fingerprint density at radius 1 is 1.16 bits per heavy atom. The summed E-state index contributed by atoms with van der Waals surface area (Å²) in [5.41, 5.74) is 7.41. The van der Waals surface area contributed by atoms with Crippen molar-refractivity contribution in [2.75, 3.05) is 11.1 Å². The van der Waals surface area contributed by atoms with Crippen LogP contribution in [0, 0.1) is 22.7 Å². The van der Waals surface area contributed by atoms with Crippen LogP contribution in [0.5, 0.6) is 0 Å². The van der Waals surface area contributed by atoms with Crippen LogP contribution in [0.3, 0.4) is 0 Å². The molecule has 1 aromatic heterocycles. The lowest BCUT2D eigenvalue weighted by molar-refractivity contribution is 1.31. The van der Waals surface area contributed by atoms with Crippen molar-refractivity contribution < 1.29 is 0 Å². The van der Waals surface area contributed by atoms with Gasteiger partial charge in [-0.25, -0.2) is 4.98 Å². The summed E-state index contributed by atoms with van der Waals surface area (Å²) >= 11 is 5.76. The number of nitrogens with one attached hydrogen (secondary N) is 1. The van der Waals surface area contributed by atoms with E-state index in [1.165, 1.54) is 6.20 Å². The summed E-state index contributed by atoms with van der Waals surface area (Å²) in [6.45, 7) is 0. The van der Waals surface area contributed by atoms with Gasteiger partial charge in [0.05, 0.1) is 21.8 Å². The minimum Gasteiger partial charge on any atom is -0.396 e. The highest BCUT2D eigenvalue weighted by Gasteiger charge is 2.06. The molecule has 2 aromatic rings. The van der Waals surface area contributed by atoms with Crippen molar-refractivity contribution in [2.45, 2.75) is 0 Å². The average Bonchev–Trinajstić information content (AvgIpc) is 2.41. The summed E-state index contributed by atoms with van der Waals surface area (Å²) in [5, 5.41) is 21.2. The standard InChI is InChI=1S/C13H8ClN5/c14-10-4-12(17)13(18-7-10)19-11-2-1-8(5-15)9(3-11)6-16/h1-4,7H,17H2,(H,18,19). The third kappa shape index (κ3) is 2.74. The van der Waals surface area contributed by atoms with Crippen LogP contribution >= 0.6 is 11.6 Å². The number of halogens is 1. The first kappa shape index (κ1) is 12.7. The summed E-state index contributed by atoms with van der Waals surface area (Å²) in [6, 6.07) is 10.3. The molecule has 0 spiro atoms. The lowest BCUT2D eigenvalue weighted by atomic mass is 10.1. The van der Waals surface area contributed by atoms with E-state index in [9.17, 15) is 0 Å². The third-order valence-electron chi connectivity index (χ3n) is 2.41. The Labute approximate surface area is 114 Å². The maximum absolute atomic E-state index is 8.94. The number of anilines is 3. The monoisotopic (exact) mass is 269 g/mol. The van der Waals surface area contributed by atoms with E-state index in [4.69, 9.17) is 27.9 Å². The van der Waals surface area contributed by atoms with Crippen LogP contribution in [0.4, 0.5) is 17.2 Å². The van der Waals surface area contributed by atoms with Gasteiger partial charge < -0.3 is 11.1 Å². The smallest absolute Gasteiger partial charge is 0.153 e. The van der Waals surface area contributed by atoms with Crippen LogP contribution in [0.1, 0.15) is 11.1 Å². The van der Waals surface area contributed by atoms with Crippen molar-refractivity contribution in [3.8, 4) is 12.1 Å². The Kier molecular flexibility index (Phi) is 3.51. The summed E-state index contributed by atoms with van der Waals surface area (Å²) in [7, 11) is 0. The van der Waals surface area contributed by atoms with E-state index < -0.39 is 0 Å². The zero-order chi connectivity index (χ0) is 13.8. The van der Waals surface area contributed by atoms with Crippen LogP contribution in [-0.2, 0) is 0 Å². The second-order valence-corrected chi connectivity index (χ2v) is 4.14. The fraction of sp³-hybridized carbons (Fsp3) is 0. The van der Waals surface area contributed by atoms with Crippen molar-refractivity contribution >= 4 is 28.8 Å². The highest BCUT2D eigenvalue weighted by Crippen LogP contribution is 2.24.